The summed E-state index contributed by atoms with van der Waals surface area (Å²) < 4.78 is 0. The largest absolute Gasteiger partial charge is 0.348 e. The smallest absolute Gasteiger partial charge is 0.253 e. The number of hydrogen-bond acceptors (Lipinski definition) is 2. The summed E-state index contributed by atoms with van der Waals surface area (Å²) >= 11 is 0. The molecular weight excluding hydrogens is 312 g/mol. The zero-order valence-electron chi connectivity index (χ0n) is 14.4. The van der Waals surface area contributed by atoms with Gasteiger partial charge in [0, 0.05) is 30.8 Å². The van der Waals surface area contributed by atoms with E-state index in [1.807, 2.05) is 47.4 Å². The van der Waals surface area contributed by atoms with Crippen molar-refractivity contribution in [2.75, 3.05) is 13.1 Å². The Bertz CT molecular complexity index is 702. The fraction of sp³-hybridized carbons (Fsp3) is 0.333. The maximum atomic E-state index is 12.6. The van der Waals surface area contributed by atoms with Crippen LogP contribution in [0.2, 0.25) is 0 Å². The summed E-state index contributed by atoms with van der Waals surface area (Å²) in [6.07, 6.45) is 4.61. The number of carbonyl (C=O) groups is 2. The van der Waals surface area contributed by atoms with Crippen LogP contribution in [0.1, 0.15) is 52.0 Å². The standard InChI is InChI=1S/C21H24N2O2/c24-20(18-8-4-3-5-9-18)22-16-17-10-12-19(13-11-17)21(25)23-14-6-1-2-7-15-23/h3-5,8-13H,1-2,6-7,14-16H2,(H,22,24). The highest BCUT2D eigenvalue weighted by atomic mass is 16.2. The first-order valence-electron chi connectivity index (χ1n) is 8.95. The lowest BCUT2D eigenvalue weighted by atomic mass is 10.1. The van der Waals surface area contributed by atoms with Crippen LogP contribution in [0.4, 0.5) is 0 Å². The molecule has 4 heteroatoms. The van der Waals surface area contributed by atoms with Crippen LogP contribution >= 0.6 is 0 Å². The van der Waals surface area contributed by atoms with Gasteiger partial charge in [-0.3, -0.25) is 9.59 Å². The summed E-state index contributed by atoms with van der Waals surface area (Å²) in [6, 6.07) is 16.7. The van der Waals surface area contributed by atoms with Crippen LogP contribution < -0.4 is 5.32 Å². The van der Waals surface area contributed by atoms with E-state index in [9.17, 15) is 9.59 Å². The lowest BCUT2D eigenvalue weighted by Crippen LogP contribution is -2.31. The second kappa shape index (κ2) is 8.47. The van der Waals surface area contributed by atoms with Gasteiger partial charge in [-0.15, -0.1) is 0 Å². The minimum Gasteiger partial charge on any atom is -0.348 e. The average molecular weight is 336 g/mol. The van der Waals surface area contributed by atoms with E-state index in [-0.39, 0.29) is 11.8 Å². The molecule has 2 amide bonds. The normalized spacial score (nSPS) is 14.6. The highest BCUT2D eigenvalue weighted by Gasteiger charge is 2.17. The van der Waals surface area contributed by atoms with Crippen LogP contribution in [0.25, 0.3) is 0 Å². The molecule has 0 radical (unpaired) electrons. The van der Waals surface area contributed by atoms with Crippen molar-refractivity contribution in [1.82, 2.24) is 10.2 Å². The fourth-order valence-corrected chi connectivity index (χ4v) is 3.10. The Hall–Kier alpha value is -2.62. The third-order valence-corrected chi connectivity index (χ3v) is 4.58. The first-order valence-corrected chi connectivity index (χ1v) is 8.95. The summed E-state index contributed by atoms with van der Waals surface area (Å²) in [5, 5.41) is 2.90. The van der Waals surface area contributed by atoms with E-state index >= 15 is 0 Å². The van der Waals surface area contributed by atoms with Crippen molar-refractivity contribution in [2.24, 2.45) is 0 Å². The highest BCUT2D eigenvalue weighted by Crippen LogP contribution is 2.14. The van der Waals surface area contributed by atoms with Crippen molar-refractivity contribution >= 4 is 11.8 Å². The molecule has 0 spiro atoms. The van der Waals surface area contributed by atoms with Gasteiger partial charge < -0.3 is 10.2 Å². The second-order valence-corrected chi connectivity index (χ2v) is 6.45. The molecule has 0 atom stereocenters. The molecule has 0 aromatic heterocycles. The molecule has 0 aliphatic carbocycles. The van der Waals surface area contributed by atoms with E-state index in [4.69, 9.17) is 0 Å². The van der Waals surface area contributed by atoms with Gasteiger partial charge in [-0.25, -0.2) is 0 Å². The molecule has 4 nitrogen and oxygen atoms in total. The van der Waals surface area contributed by atoms with Crippen LogP contribution in [0, 0.1) is 0 Å². The average Bonchev–Trinajstić information content (AvgIpc) is 2.96. The van der Waals surface area contributed by atoms with Crippen LogP contribution in [0.3, 0.4) is 0 Å². The Labute approximate surface area is 148 Å². The van der Waals surface area contributed by atoms with Gasteiger partial charge in [0.15, 0.2) is 0 Å². The molecule has 0 saturated carbocycles. The topological polar surface area (TPSA) is 49.4 Å². The molecule has 25 heavy (non-hydrogen) atoms. The quantitative estimate of drug-likeness (QED) is 0.927. The van der Waals surface area contributed by atoms with E-state index < -0.39 is 0 Å². The van der Waals surface area contributed by atoms with Gasteiger partial charge in [0.25, 0.3) is 11.8 Å². The summed E-state index contributed by atoms with van der Waals surface area (Å²) in [6.45, 7) is 2.16. The molecule has 0 unspecified atom stereocenters. The Kier molecular flexibility index (Phi) is 5.83. The Balaban J connectivity index is 1.56. The van der Waals surface area contributed by atoms with Gasteiger partial charge in [-0.05, 0) is 42.7 Å². The number of nitrogens with one attached hydrogen (secondary N) is 1. The van der Waals surface area contributed by atoms with Gasteiger partial charge in [-0.1, -0.05) is 43.2 Å². The minimum atomic E-state index is -0.0923. The Morgan fingerprint density at radius 2 is 1.44 bits per heavy atom. The first kappa shape index (κ1) is 17.2. The number of hydrogen-bond donors (Lipinski definition) is 1. The third-order valence-electron chi connectivity index (χ3n) is 4.58. The highest BCUT2D eigenvalue weighted by molar-refractivity contribution is 5.95. The predicted molar refractivity (Wildman–Crippen MR) is 98.4 cm³/mol. The molecule has 0 bridgehead atoms. The molecule has 1 N–H and O–H groups in total. The zero-order valence-corrected chi connectivity index (χ0v) is 14.4. The van der Waals surface area contributed by atoms with Crippen molar-refractivity contribution in [3.05, 3.63) is 71.3 Å². The van der Waals surface area contributed by atoms with Crippen molar-refractivity contribution in [3.8, 4) is 0 Å². The SMILES string of the molecule is O=C(NCc1ccc(C(=O)N2CCCCCC2)cc1)c1ccccc1. The van der Waals surface area contributed by atoms with Gasteiger partial charge in [-0.2, -0.15) is 0 Å². The van der Waals surface area contributed by atoms with E-state index in [0.29, 0.717) is 12.1 Å². The summed E-state index contributed by atoms with van der Waals surface area (Å²) in [5.74, 6) is 0.0205. The van der Waals surface area contributed by atoms with E-state index in [1.165, 1.54) is 12.8 Å². The van der Waals surface area contributed by atoms with Crippen LogP contribution in [-0.4, -0.2) is 29.8 Å². The van der Waals surface area contributed by atoms with E-state index in [1.54, 1.807) is 12.1 Å². The third kappa shape index (κ3) is 4.69. The second-order valence-electron chi connectivity index (χ2n) is 6.45. The van der Waals surface area contributed by atoms with E-state index in [2.05, 4.69) is 5.32 Å². The Morgan fingerprint density at radius 1 is 0.800 bits per heavy atom. The molecule has 130 valence electrons. The maximum absolute atomic E-state index is 12.6. The predicted octanol–water partition coefficient (Wildman–Crippen LogP) is 3.63. The fourth-order valence-electron chi connectivity index (χ4n) is 3.10. The summed E-state index contributed by atoms with van der Waals surface area (Å²) in [7, 11) is 0. The van der Waals surface area contributed by atoms with Gasteiger partial charge in [0.1, 0.15) is 0 Å². The number of amides is 2. The number of likely N-dealkylation sites (tertiary alicyclic amines) is 1. The number of rotatable bonds is 4. The number of nitrogens with zero attached hydrogens (tertiary/aromatic N) is 1. The maximum Gasteiger partial charge on any atom is 0.253 e. The van der Waals surface area contributed by atoms with E-state index in [0.717, 1.165) is 37.1 Å². The molecule has 3 rings (SSSR count). The molecule has 1 aliphatic rings. The number of carbonyl (C=O) groups excluding carboxylic acids is 2. The van der Waals surface area contributed by atoms with Crippen molar-refractivity contribution < 1.29 is 9.59 Å². The summed E-state index contributed by atoms with van der Waals surface area (Å²) in [4.78, 5) is 26.6. The lowest BCUT2D eigenvalue weighted by Gasteiger charge is -2.20. The molecule has 1 saturated heterocycles. The molecule has 1 fully saturated rings. The molecule has 1 aliphatic heterocycles. The molecule has 2 aromatic carbocycles. The minimum absolute atomic E-state index is 0.0923. The zero-order chi connectivity index (χ0) is 17.5. The van der Waals surface area contributed by atoms with Gasteiger partial charge in [0.05, 0.1) is 0 Å². The molecule has 1 heterocycles. The van der Waals surface area contributed by atoms with Gasteiger partial charge >= 0.3 is 0 Å². The van der Waals surface area contributed by atoms with Crippen molar-refractivity contribution in [2.45, 2.75) is 32.2 Å². The Morgan fingerprint density at radius 3 is 2.08 bits per heavy atom. The van der Waals surface area contributed by atoms with Crippen LogP contribution in [0.15, 0.2) is 54.6 Å². The van der Waals surface area contributed by atoms with Gasteiger partial charge in [0.2, 0.25) is 0 Å². The lowest BCUT2D eigenvalue weighted by molar-refractivity contribution is 0.0761. The van der Waals surface area contributed by atoms with Crippen molar-refractivity contribution in [1.29, 1.82) is 0 Å². The first-order chi connectivity index (χ1) is 12.2. The monoisotopic (exact) mass is 336 g/mol. The van der Waals surface area contributed by atoms with Crippen LogP contribution in [-0.2, 0) is 6.54 Å². The summed E-state index contributed by atoms with van der Waals surface area (Å²) in [5.41, 5.74) is 2.35. The van der Waals surface area contributed by atoms with Crippen molar-refractivity contribution in [3.63, 3.8) is 0 Å². The van der Waals surface area contributed by atoms with Crippen LogP contribution in [0.5, 0.6) is 0 Å². The number of benzene rings is 2. The molecule has 2 aromatic rings. The molecular formula is C21H24N2O2.